The lowest BCUT2D eigenvalue weighted by atomic mass is 9.85. The lowest BCUT2D eigenvalue weighted by Gasteiger charge is -2.24. The van der Waals surface area contributed by atoms with E-state index in [1.807, 2.05) is 43.3 Å². The van der Waals surface area contributed by atoms with E-state index >= 15 is 0 Å². The molecule has 0 radical (unpaired) electrons. The summed E-state index contributed by atoms with van der Waals surface area (Å²) in [5.74, 6) is 4.33. The molecule has 208 valence electrons. The molecule has 0 saturated carbocycles. The maximum absolute atomic E-state index is 11.0. The fraction of sp³-hybridized carbons (Fsp3) is 0.419. The molecule has 0 spiro atoms. The van der Waals surface area contributed by atoms with Gasteiger partial charge in [-0.3, -0.25) is 0 Å². The van der Waals surface area contributed by atoms with Gasteiger partial charge >= 0.3 is 0 Å². The van der Waals surface area contributed by atoms with Crippen LogP contribution in [0.1, 0.15) is 55.8 Å². The first-order valence-electron chi connectivity index (χ1n) is 13.1. The van der Waals surface area contributed by atoms with Gasteiger partial charge in [0.15, 0.2) is 34.5 Å². The third kappa shape index (κ3) is 5.18. The molecule has 3 aromatic carbocycles. The van der Waals surface area contributed by atoms with E-state index in [1.54, 1.807) is 39.5 Å². The second-order valence-corrected chi connectivity index (χ2v) is 10.1. The quantitative estimate of drug-likeness (QED) is 0.355. The molecule has 0 bridgehead atoms. The first kappa shape index (κ1) is 27.0. The van der Waals surface area contributed by atoms with Crippen molar-refractivity contribution >= 4 is 0 Å². The number of rotatable bonds is 9. The van der Waals surface area contributed by atoms with Gasteiger partial charge in [-0.05, 0) is 71.8 Å². The molecule has 0 unspecified atom stereocenters. The first-order chi connectivity index (χ1) is 18.8. The Morgan fingerprint density at radius 2 is 1.31 bits per heavy atom. The van der Waals surface area contributed by atoms with Gasteiger partial charge in [0.25, 0.3) is 0 Å². The third-order valence-electron chi connectivity index (χ3n) is 7.83. The number of fused-ring (bicyclic) bond motifs is 1. The van der Waals surface area contributed by atoms with Crippen LogP contribution in [0.2, 0.25) is 0 Å². The summed E-state index contributed by atoms with van der Waals surface area (Å²) < 4.78 is 40.2. The van der Waals surface area contributed by atoms with Crippen LogP contribution in [-0.4, -0.2) is 39.3 Å². The van der Waals surface area contributed by atoms with Gasteiger partial charge in [0.2, 0.25) is 6.79 Å². The summed E-state index contributed by atoms with van der Waals surface area (Å²) in [5, 5.41) is 11.0. The van der Waals surface area contributed by atoms with Gasteiger partial charge in [0.05, 0.1) is 33.5 Å². The Balaban J connectivity index is 1.32. The molecule has 3 aromatic rings. The molecule has 8 heteroatoms. The van der Waals surface area contributed by atoms with Crippen molar-refractivity contribution in [1.29, 1.82) is 0 Å². The van der Waals surface area contributed by atoms with Crippen LogP contribution < -0.4 is 28.4 Å². The zero-order valence-corrected chi connectivity index (χ0v) is 23.2. The summed E-state index contributed by atoms with van der Waals surface area (Å²) in [6.45, 7) is 6.48. The highest BCUT2D eigenvalue weighted by atomic mass is 16.7. The summed E-state index contributed by atoms with van der Waals surface area (Å²) in [6.07, 6.45) is -1.64. The van der Waals surface area contributed by atoms with Crippen LogP contribution in [0.4, 0.5) is 0 Å². The largest absolute Gasteiger partial charge is 0.493 e. The fourth-order valence-electron chi connectivity index (χ4n) is 5.34. The maximum atomic E-state index is 11.0. The van der Waals surface area contributed by atoms with Crippen molar-refractivity contribution in [2.75, 3.05) is 28.1 Å². The molecular formula is C31H36O8. The van der Waals surface area contributed by atoms with Crippen molar-refractivity contribution in [2.24, 2.45) is 11.8 Å². The molecule has 8 nitrogen and oxygen atoms in total. The summed E-state index contributed by atoms with van der Waals surface area (Å²) in [7, 11) is 4.75. The highest BCUT2D eigenvalue weighted by Gasteiger charge is 2.41. The molecule has 1 fully saturated rings. The Morgan fingerprint density at radius 3 is 2.00 bits per heavy atom. The Hall–Kier alpha value is -3.62. The number of aliphatic hydroxyl groups is 1. The average Bonchev–Trinajstić information content (AvgIpc) is 3.56. The van der Waals surface area contributed by atoms with E-state index in [4.69, 9.17) is 33.2 Å². The number of methoxy groups -OCH3 is 3. The van der Waals surface area contributed by atoms with Gasteiger partial charge in [-0.15, -0.1) is 0 Å². The number of hydrogen-bond acceptors (Lipinski definition) is 8. The van der Waals surface area contributed by atoms with Crippen LogP contribution >= 0.6 is 0 Å². The van der Waals surface area contributed by atoms with E-state index in [9.17, 15) is 5.11 Å². The highest BCUT2D eigenvalue weighted by Crippen LogP contribution is 2.51. The predicted molar refractivity (Wildman–Crippen MR) is 145 cm³/mol. The Labute approximate surface area is 229 Å². The summed E-state index contributed by atoms with van der Waals surface area (Å²) in [6, 6.07) is 17.2. The van der Waals surface area contributed by atoms with E-state index in [-0.39, 0.29) is 30.8 Å². The minimum atomic E-state index is -0.893. The summed E-state index contributed by atoms with van der Waals surface area (Å²) in [5.41, 5.74) is 2.74. The number of benzene rings is 3. The monoisotopic (exact) mass is 536 g/mol. The van der Waals surface area contributed by atoms with Gasteiger partial charge in [0.1, 0.15) is 12.2 Å². The van der Waals surface area contributed by atoms with Crippen LogP contribution in [0.3, 0.4) is 0 Å². The number of hydrogen-bond donors (Lipinski definition) is 1. The SMILES string of the molecule is COc1ccc([C@@H](O)[C@@H](C)Oc2ccc([C@@H]3O[C@H](c4ccc5c(c4)OCO5)[C@@H](C)[C@@H]3C)cc2OC)cc1OC. The fourth-order valence-corrected chi connectivity index (χ4v) is 5.34. The maximum Gasteiger partial charge on any atom is 0.231 e. The average molecular weight is 537 g/mol. The van der Waals surface area contributed by atoms with Gasteiger partial charge in [-0.25, -0.2) is 0 Å². The molecule has 0 amide bonds. The number of ether oxygens (including phenoxy) is 7. The topological polar surface area (TPSA) is 84.8 Å². The van der Waals surface area contributed by atoms with Gasteiger partial charge in [0, 0.05) is 0 Å². The smallest absolute Gasteiger partial charge is 0.231 e. The zero-order valence-electron chi connectivity index (χ0n) is 23.2. The van der Waals surface area contributed by atoms with E-state index in [1.165, 1.54) is 0 Å². The lowest BCUT2D eigenvalue weighted by molar-refractivity contribution is 0.0285. The molecule has 39 heavy (non-hydrogen) atoms. The van der Waals surface area contributed by atoms with Crippen LogP contribution in [0, 0.1) is 11.8 Å². The molecular weight excluding hydrogens is 500 g/mol. The lowest BCUT2D eigenvalue weighted by Crippen LogP contribution is -2.22. The van der Waals surface area contributed by atoms with Crippen LogP contribution in [0.15, 0.2) is 54.6 Å². The van der Waals surface area contributed by atoms with Crippen molar-refractivity contribution in [3.05, 3.63) is 71.3 Å². The van der Waals surface area contributed by atoms with Crippen molar-refractivity contribution in [2.45, 2.75) is 45.2 Å². The van der Waals surface area contributed by atoms with E-state index in [0.29, 0.717) is 28.6 Å². The van der Waals surface area contributed by atoms with Crippen LogP contribution in [0.5, 0.6) is 34.5 Å². The third-order valence-corrected chi connectivity index (χ3v) is 7.83. The normalized spacial score (nSPS) is 23.3. The minimum Gasteiger partial charge on any atom is -0.493 e. The van der Waals surface area contributed by atoms with Gasteiger partial charge in [-0.2, -0.15) is 0 Å². The van der Waals surface area contributed by atoms with Crippen LogP contribution in [-0.2, 0) is 4.74 Å². The van der Waals surface area contributed by atoms with Crippen molar-refractivity contribution in [3.63, 3.8) is 0 Å². The minimum absolute atomic E-state index is 0.0712. The van der Waals surface area contributed by atoms with Crippen molar-refractivity contribution in [1.82, 2.24) is 0 Å². The molecule has 2 heterocycles. The standard InChI is InChI=1S/C31H36O8/c1-17-18(2)31(22-8-11-24-28(15-22)37-16-36-24)39-30(17)21-9-12-25(27(14-21)35-6)38-19(3)29(32)20-7-10-23(33-4)26(13-20)34-5/h7-15,17-19,29-32H,16H2,1-6H3/t17-,18-,19+,29-,30+,31-/m0/s1. The van der Waals surface area contributed by atoms with Crippen molar-refractivity contribution < 1.29 is 38.3 Å². The zero-order chi connectivity index (χ0) is 27.7. The number of aliphatic hydroxyl groups excluding tert-OH is 1. The Bertz CT molecular complexity index is 1310. The second kappa shape index (κ2) is 11.2. The second-order valence-electron chi connectivity index (χ2n) is 10.1. The molecule has 2 aliphatic rings. The van der Waals surface area contributed by atoms with E-state index in [2.05, 4.69) is 13.8 Å². The Morgan fingerprint density at radius 1 is 0.718 bits per heavy atom. The van der Waals surface area contributed by atoms with Crippen LogP contribution in [0.25, 0.3) is 0 Å². The van der Waals surface area contributed by atoms with Gasteiger partial charge in [-0.1, -0.05) is 32.0 Å². The van der Waals surface area contributed by atoms with E-state index in [0.717, 1.165) is 22.6 Å². The molecule has 0 aromatic heterocycles. The molecule has 1 saturated heterocycles. The van der Waals surface area contributed by atoms with Crippen molar-refractivity contribution in [3.8, 4) is 34.5 Å². The van der Waals surface area contributed by atoms with Gasteiger partial charge < -0.3 is 38.3 Å². The summed E-state index contributed by atoms with van der Waals surface area (Å²) in [4.78, 5) is 0. The molecule has 2 aliphatic heterocycles. The van der Waals surface area contributed by atoms with E-state index < -0.39 is 12.2 Å². The molecule has 6 atom stereocenters. The summed E-state index contributed by atoms with van der Waals surface area (Å²) >= 11 is 0. The molecule has 5 rings (SSSR count). The molecule has 1 N–H and O–H groups in total. The predicted octanol–water partition coefficient (Wildman–Crippen LogP) is 6.03. The highest BCUT2D eigenvalue weighted by molar-refractivity contribution is 5.47. The Kier molecular flexibility index (Phi) is 7.77. The first-order valence-corrected chi connectivity index (χ1v) is 13.1. The molecule has 0 aliphatic carbocycles.